The van der Waals surface area contributed by atoms with Crippen LogP contribution in [-0.4, -0.2) is 46.0 Å². The molecule has 0 fully saturated rings. The molecule has 1 N–H and O–H groups in total. The number of ether oxygens (including phenoxy) is 1. The number of esters is 1. The molecule has 1 aliphatic carbocycles. The maximum atomic E-state index is 12.5. The monoisotopic (exact) mass is 431 g/mol. The van der Waals surface area contributed by atoms with Gasteiger partial charge in [-0.2, -0.15) is 5.10 Å². The molecule has 0 bridgehead atoms. The summed E-state index contributed by atoms with van der Waals surface area (Å²) in [4.78, 5) is 28.4. The topological polar surface area (TPSA) is 93.8 Å². The van der Waals surface area contributed by atoms with Crippen molar-refractivity contribution in [1.29, 1.82) is 0 Å². The molecule has 1 heterocycles. The van der Waals surface area contributed by atoms with Crippen LogP contribution in [0.3, 0.4) is 0 Å². The van der Waals surface area contributed by atoms with Crippen molar-refractivity contribution in [3.05, 3.63) is 70.4 Å². The molecule has 0 amide bonds. The molecule has 4 rings (SSSR count). The molecule has 1 aliphatic rings. The van der Waals surface area contributed by atoms with Crippen LogP contribution in [0.15, 0.2) is 47.5 Å². The maximum Gasteiger partial charge on any atom is 0.337 e. The first-order chi connectivity index (χ1) is 15.4. The molecule has 164 valence electrons. The Hall–Kier alpha value is -3.74. The van der Waals surface area contributed by atoms with Crippen LogP contribution in [0.2, 0.25) is 0 Å². The fourth-order valence-corrected chi connectivity index (χ4v) is 4.07. The van der Waals surface area contributed by atoms with Crippen molar-refractivity contribution >= 4 is 17.5 Å². The Kier molecular flexibility index (Phi) is 5.90. The number of hydrogen-bond donors (Lipinski definition) is 1. The average Bonchev–Trinajstić information content (AvgIpc) is 3.39. The van der Waals surface area contributed by atoms with Crippen LogP contribution in [0.1, 0.15) is 50.9 Å². The summed E-state index contributed by atoms with van der Waals surface area (Å²) < 4.78 is 6.31. The van der Waals surface area contributed by atoms with Crippen molar-refractivity contribution in [2.75, 3.05) is 13.7 Å². The number of Topliss-reactive ketones (excluding diaryl/α,β-unsaturated/α-hetero) is 1. The smallest absolute Gasteiger partial charge is 0.337 e. The fraction of sp³-hybridized carbons (Fsp3) is 0.280. The molecule has 1 aromatic heterocycles. The third-order valence-corrected chi connectivity index (χ3v) is 5.82. The molecule has 32 heavy (non-hydrogen) atoms. The van der Waals surface area contributed by atoms with Crippen molar-refractivity contribution in [3.8, 4) is 17.0 Å². The Balaban J connectivity index is 1.53. The summed E-state index contributed by atoms with van der Waals surface area (Å²) in [6.07, 6.45) is 3.31. The van der Waals surface area contributed by atoms with Crippen molar-refractivity contribution in [2.24, 2.45) is 12.0 Å². The van der Waals surface area contributed by atoms with E-state index in [1.807, 2.05) is 6.07 Å². The van der Waals surface area contributed by atoms with Crippen LogP contribution in [0.5, 0.6) is 5.75 Å². The van der Waals surface area contributed by atoms with Gasteiger partial charge in [0.1, 0.15) is 17.9 Å². The molecule has 7 heteroatoms. The molecule has 2 aromatic carbocycles. The highest BCUT2D eigenvalue weighted by Crippen LogP contribution is 2.35. The van der Waals surface area contributed by atoms with E-state index in [4.69, 9.17) is 0 Å². The zero-order valence-corrected chi connectivity index (χ0v) is 18.4. The summed E-state index contributed by atoms with van der Waals surface area (Å²) in [6.45, 7) is 1.63. The SMILES string of the molecule is COC(=O)c1ccc(C(=O)CN=C(C)c2nn(C)c(-c3ccc4c(c3)CCC4)c2O)cc1. The maximum absolute atomic E-state index is 12.5. The summed E-state index contributed by atoms with van der Waals surface area (Å²) in [6, 6.07) is 12.5. The third kappa shape index (κ3) is 4.06. The number of methoxy groups -OCH3 is 1. The van der Waals surface area contributed by atoms with Gasteiger partial charge >= 0.3 is 5.97 Å². The molecule has 0 saturated carbocycles. The standard InChI is InChI=1S/C25H25N3O4/c1-15(26-14-21(29)17-8-10-18(11-9-17)25(31)32-3)22-24(30)23(28(2)27-22)20-12-7-16-5-4-6-19(16)13-20/h7-13,30H,4-6,14H2,1-3H3. The number of benzene rings is 2. The predicted octanol–water partition coefficient (Wildman–Crippen LogP) is 3.76. The first-order valence-electron chi connectivity index (χ1n) is 10.5. The molecular formula is C25H25N3O4. The Morgan fingerprint density at radius 1 is 1.09 bits per heavy atom. The number of hydrogen-bond acceptors (Lipinski definition) is 6. The van der Waals surface area contributed by atoms with Gasteiger partial charge in [-0.15, -0.1) is 0 Å². The summed E-state index contributed by atoms with van der Waals surface area (Å²) in [5.74, 6) is -0.598. The van der Waals surface area contributed by atoms with E-state index >= 15 is 0 Å². The van der Waals surface area contributed by atoms with E-state index in [0.717, 1.165) is 24.8 Å². The number of carbonyl (C=O) groups excluding carboxylic acids is 2. The first-order valence-corrected chi connectivity index (χ1v) is 10.5. The van der Waals surface area contributed by atoms with Gasteiger partial charge in [0.15, 0.2) is 11.5 Å². The fourth-order valence-electron chi connectivity index (χ4n) is 4.07. The van der Waals surface area contributed by atoms with Crippen molar-refractivity contribution in [2.45, 2.75) is 26.2 Å². The van der Waals surface area contributed by atoms with Crippen LogP contribution >= 0.6 is 0 Å². The Bertz CT molecular complexity index is 1220. The second-order valence-corrected chi connectivity index (χ2v) is 7.90. The second kappa shape index (κ2) is 8.78. The molecule has 0 aliphatic heterocycles. The quantitative estimate of drug-likeness (QED) is 0.364. The Labute approximate surface area is 186 Å². The lowest BCUT2D eigenvalue weighted by molar-refractivity contribution is 0.0600. The molecule has 0 radical (unpaired) electrons. The van der Waals surface area contributed by atoms with Gasteiger partial charge in [-0.3, -0.25) is 14.5 Å². The molecule has 0 unspecified atom stereocenters. The molecule has 0 spiro atoms. The van der Waals surface area contributed by atoms with Crippen LogP contribution in [-0.2, 0) is 24.6 Å². The van der Waals surface area contributed by atoms with E-state index in [2.05, 4.69) is 27.0 Å². The lowest BCUT2D eigenvalue weighted by Crippen LogP contribution is -2.08. The van der Waals surface area contributed by atoms with E-state index < -0.39 is 5.97 Å². The second-order valence-electron chi connectivity index (χ2n) is 7.90. The van der Waals surface area contributed by atoms with Gasteiger partial charge in [0.25, 0.3) is 0 Å². The minimum absolute atomic E-state index is 0.0570. The highest BCUT2D eigenvalue weighted by atomic mass is 16.5. The number of aromatic hydroxyl groups is 1. The molecular weight excluding hydrogens is 406 g/mol. The third-order valence-electron chi connectivity index (χ3n) is 5.82. The minimum Gasteiger partial charge on any atom is -0.504 e. The number of aromatic nitrogens is 2. The summed E-state index contributed by atoms with van der Waals surface area (Å²) >= 11 is 0. The molecule has 0 atom stereocenters. The average molecular weight is 431 g/mol. The Morgan fingerprint density at radius 3 is 2.50 bits per heavy atom. The molecule has 3 aromatic rings. The number of fused-ring (bicyclic) bond motifs is 1. The minimum atomic E-state index is -0.456. The first kappa shape index (κ1) is 21.5. The van der Waals surface area contributed by atoms with Crippen molar-refractivity contribution in [3.63, 3.8) is 0 Å². The number of carbonyl (C=O) groups is 2. The number of ketones is 1. The number of rotatable bonds is 6. The van der Waals surface area contributed by atoms with Crippen molar-refractivity contribution < 1.29 is 19.4 Å². The summed E-state index contributed by atoms with van der Waals surface area (Å²) in [5, 5.41) is 15.3. The van der Waals surface area contributed by atoms with Gasteiger partial charge in [0.05, 0.1) is 18.4 Å². The van der Waals surface area contributed by atoms with E-state index in [1.165, 1.54) is 18.2 Å². The largest absolute Gasteiger partial charge is 0.504 e. The van der Waals surface area contributed by atoms with Gasteiger partial charge in [-0.05, 0) is 55.5 Å². The van der Waals surface area contributed by atoms with Crippen LogP contribution < -0.4 is 0 Å². The number of aliphatic imine (C=N–C) groups is 1. The lowest BCUT2D eigenvalue weighted by Gasteiger charge is -2.06. The number of aryl methyl sites for hydroxylation is 3. The van der Waals surface area contributed by atoms with E-state index in [1.54, 1.807) is 42.9 Å². The summed E-state index contributed by atoms with van der Waals surface area (Å²) in [5.41, 5.74) is 5.89. The highest BCUT2D eigenvalue weighted by Gasteiger charge is 2.21. The summed E-state index contributed by atoms with van der Waals surface area (Å²) in [7, 11) is 3.09. The van der Waals surface area contributed by atoms with Gasteiger partial charge in [0, 0.05) is 18.2 Å². The zero-order valence-electron chi connectivity index (χ0n) is 18.4. The van der Waals surface area contributed by atoms with E-state index in [0.29, 0.717) is 28.2 Å². The van der Waals surface area contributed by atoms with Gasteiger partial charge in [-0.25, -0.2) is 4.79 Å². The Morgan fingerprint density at radius 2 is 1.78 bits per heavy atom. The van der Waals surface area contributed by atoms with Gasteiger partial charge < -0.3 is 9.84 Å². The van der Waals surface area contributed by atoms with Gasteiger partial charge in [-0.1, -0.05) is 24.3 Å². The lowest BCUT2D eigenvalue weighted by atomic mass is 10.0. The van der Waals surface area contributed by atoms with E-state index in [-0.39, 0.29) is 18.1 Å². The van der Waals surface area contributed by atoms with Crippen LogP contribution in [0.4, 0.5) is 0 Å². The predicted molar refractivity (Wildman–Crippen MR) is 122 cm³/mol. The number of nitrogens with zero attached hydrogens (tertiary/aromatic N) is 3. The molecule has 7 nitrogen and oxygen atoms in total. The van der Waals surface area contributed by atoms with Crippen LogP contribution in [0.25, 0.3) is 11.3 Å². The highest BCUT2D eigenvalue weighted by molar-refractivity contribution is 6.04. The van der Waals surface area contributed by atoms with Crippen LogP contribution in [0, 0.1) is 0 Å². The van der Waals surface area contributed by atoms with E-state index in [9.17, 15) is 14.7 Å². The zero-order chi connectivity index (χ0) is 22.8. The molecule has 0 saturated heterocycles. The normalized spacial score (nSPS) is 13.2. The van der Waals surface area contributed by atoms with Crippen molar-refractivity contribution in [1.82, 2.24) is 9.78 Å². The van der Waals surface area contributed by atoms with Gasteiger partial charge in [0.2, 0.25) is 0 Å².